The Bertz CT molecular complexity index is 314. The van der Waals surface area contributed by atoms with E-state index >= 15 is 0 Å². The molecule has 2 aliphatic carbocycles. The Morgan fingerprint density at radius 1 is 1.12 bits per heavy atom. The first-order chi connectivity index (χ1) is 7.97. The van der Waals surface area contributed by atoms with Crippen molar-refractivity contribution in [2.75, 3.05) is 0 Å². The van der Waals surface area contributed by atoms with Crippen LogP contribution in [0.3, 0.4) is 0 Å². The van der Waals surface area contributed by atoms with Gasteiger partial charge in [-0.15, -0.1) is 0 Å². The highest BCUT2D eigenvalue weighted by molar-refractivity contribution is 5.06. The van der Waals surface area contributed by atoms with Crippen molar-refractivity contribution in [3.63, 3.8) is 0 Å². The third kappa shape index (κ3) is 1.60. The molecular weight excluding hydrogens is 212 g/mol. The average molecular weight is 238 g/mol. The van der Waals surface area contributed by atoms with E-state index < -0.39 is 0 Å². The van der Waals surface area contributed by atoms with Crippen molar-refractivity contribution < 1.29 is 9.78 Å². The molecule has 0 aromatic rings. The minimum atomic E-state index is -0.00336. The Kier molecular flexibility index (Phi) is 2.61. The van der Waals surface area contributed by atoms with E-state index in [0.29, 0.717) is 5.92 Å². The standard InChI is InChI=1S/C15H26O2/c1-10(2)15-8-5-11(3)12-6-7-14(4,16-17-15)9-13(12)15/h10-13H,5-9H2,1-4H3/t11-,12+,13+,14+,15+/m0/s1. The molecule has 3 fully saturated rings. The van der Waals surface area contributed by atoms with E-state index in [2.05, 4.69) is 27.7 Å². The monoisotopic (exact) mass is 238 g/mol. The van der Waals surface area contributed by atoms with Crippen LogP contribution in [-0.4, -0.2) is 11.2 Å². The quantitative estimate of drug-likeness (QED) is 0.644. The van der Waals surface area contributed by atoms with Crippen molar-refractivity contribution in [1.29, 1.82) is 0 Å². The van der Waals surface area contributed by atoms with Gasteiger partial charge in [-0.3, -0.25) is 0 Å². The molecule has 2 nitrogen and oxygen atoms in total. The lowest BCUT2D eigenvalue weighted by atomic mass is 9.54. The minimum absolute atomic E-state index is 0.00336. The van der Waals surface area contributed by atoms with Crippen molar-refractivity contribution in [2.24, 2.45) is 23.7 Å². The van der Waals surface area contributed by atoms with Crippen LogP contribution in [-0.2, 0) is 9.78 Å². The van der Waals surface area contributed by atoms with E-state index in [1.165, 1.54) is 32.1 Å². The van der Waals surface area contributed by atoms with Gasteiger partial charge in [0.25, 0.3) is 0 Å². The molecule has 0 N–H and O–H groups in total. The van der Waals surface area contributed by atoms with Gasteiger partial charge >= 0.3 is 0 Å². The third-order valence-corrected chi connectivity index (χ3v) is 5.90. The number of hydrogen-bond acceptors (Lipinski definition) is 2. The Morgan fingerprint density at radius 2 is 1.88 bits per heavy atom. The largest absolute Gasteiger partial charge is 0.230 e. The molecule has 0 aromatic carbocycles. The molecule has 0 amide bonds. The molecule has 1 aliphatic heterocycles. The van der Waals surface area contributed by atoms with Crippen LogP contribution in [0.5, 0.6) is 0 Å². The second kappa shape index (κ2) is 3.71. The first-order valence-corrected chi connectivity index (χ1v) is 7.34. The van der Waals surface area contributed by atoms with Crippen molar-refractivity contribution in [2.45, 2.75) is 71.0 Å². The highest BCUT2D eigenvalue weighted by atomic mass is 17.2. The second-order valence-corrected chi connectivity index (χ2v) is 7.26. The molecule has 1 saturated heterocycles. The lowest BCUT2D eigenvalue weighted by Gasteiger charge is -2.60. The zero-order valence-electron chi connectivity index (χ0n) is 11.7. The van der Waals surface area contributed by atoms with Crippen LogP contribution in [0.25, 0.3) is 0 Å². The van der Waals surface area contributed by atoms with Gasteiger partial charge in [0.2, 0.25) is 0 Å². The van der Waals surface area contributed by atoms with Crippen LogP contribution < -0.4 is 0 Å². The summed E-state index contributed by atoms with van der Waals surface area (Å²) in [5.41, 5.74) is 0.00766. The highest BCUT2D eigenvalue weighted by Gasteiger charge is 2.59. The predicted molar refractivity (Wildman–Crippen MR) is 67.4 cm³/mol. The first-order valence-electron chi connectivity index (χ1n) is 7.34. The maximum Gasteiger partial charge on any atom is 0.109 e. The molecule has 2 saturated carbocycles. The fraction of sp³-hybridized carbons (Fsp3) is 1.00. The lowest BCUT2D eigenvalue weighted by molar-refractivity contribution is -0.478. The van der Waals surface area contributed by atoms with Gasteiger partial charge in [-0.1, -0.05) is 20.8 Å². The van der Waals surface area contributed by atoms with Crippen LogP contribution in [0.4, 0.5) is 0 Å². The van der Waals surface area contributed by atoms with E-state index in [4.69, 9.17) is 9.78 Å². The van der Waals surface area contributed by atoms with Crippen LogP contribution >= 0.6 is 0 Å². The highest BCUT2D eigenvalue weighted by Crippen LogP contribution is 2.58. The van der Waals surface area contributed by atoms with E-state index in [9.17, 15) is 0 Å². The Labute approximate surface area is 105 Å². The summed E-state index contributed by atoms with van der Waals surface area (Å²) in [4.78, 5) is 11.8. The molecule has 5 atom stereocenters. The number of fused-ring (bicyclic) bond motifs is 1. The molecule has 0 unspecified atom stereocenters. The molecule has 1 heterocycles. The van der Waals surface area contributed by atoms with Gasteiger partial charge < -0.3 is 0 Å². The molecule has 2 bridgehead atoms. The van der Waals surface area contributed by atoms with Gasteiger partial charge in [0.1, 0.15) is 11.2 Å². The third-order valence-electron chi connectivity index (χ3n) is 5.90. The van der Waals surface area contributed by atoms with E-state index in [0.717, 1.165) is 17.8 Å². The van der Waals surface area contributed by atoms with Crippen LogP contribution in [0.2, 0.25) is 0 Å². The van der Waals surface area contributed by atoms with Gasteiger partial charge in [-0.2, -0.15) is 0 Å². The van der Waals surface area contributed by atoms with Gasteiger partial charge in [0.05, 0.1) is 0 Å². The first kappa shape index (κ1) is 12.0. The van der Waals surface area contributed by atoms with Crippen LogP contribution in [0.15, 0.2) is 0 Å². The smallest absolute Gasteiger partial charge is 0.109 e. The van der Waals surface area contributed by atoms with Crippen molar-refractivity contribution in [3.05, 3.63) is 0 Å². The van der Waals surface area contributed by atoms with Crippen molar-refractivity contribution >= 4 is 0 Å². The summed E-state index contributed by atoms with van der Waals surface area (Å²) in [5, 5.41) is 0. The Balaban J connectivity index is 1.96. The van der Waals surface area contributed by atoms with E-state index in [-0.39, 0.29) is 11.2 Å². The van der Waals surface area contributed by atoms with E-state index in [1.54, 1.807) is 0 Å². The van der Waals surface area contributed by atoms with Gasteiger partial charge in [0, 0.05) is 0 Å². The molecule has 0 aromatic heterocycles. The van der Waals surface area contributed by atoms with Crippen molar-refractivity contribution in [3.8, 4) is 0 Å². The average Bonchev–Trinajstić information content (AvgIpc) is 2.28. The summed E-state index contributed by atoms with van der Waals surface area (Å²) in [6.45, 7) is 9.26. The molecular formula is C15H26O2. The summed E-state index contributed by atoms with van der Waals surface area (Å²) < 4.78 is 0. The lowest BCUT2D eigenvalue weighted by Crippen LogP contribution is -2.62. The minimum Gasteiger partial charge on any atom is -0.230 e. The van der Waals surface area contributed by atoms with Crippen molar-refractivity contribution in [1.82, 2.24) is 0 Å². The molecule has 0 spiro atoms. The van der Waals surface area contributed by atoms with Crippen LogP contribution in [0.1, 0.15) is 59.8 Å². The van der Waals surface area contributed by atoms with Gasteiger partial charge in [-0.25, -0.2) is 9.78 Å². The summed E-state index contributed by atoms with van der Waals surface area (Å²) in [5.74, 6) is 3.02. The topological polar surface area (TPSA) is 18.5 Å². The summed E-state index contributed by atoms with van der Waals surface area (Å²) in [6, 6.07) is 0. The maximum absolute atomic E-state index is 6.02. The summed E-state index contributed by atoms with van der Waals surface area (Å²) in [6.07, 6.45) is 6.20. The molecule has 98 valence electrons. The predicted octanol–water partition coefficient (Wildman–Crippen LogP) is 3.95. The zero-order valence-corrected chi connectivity index (χ0v) is 11.7. The SMILES string of the molecule is CC(C)[C@]12CC[C@H](C)[C@H]3CC[C@](C)(C[C@H]31)OO2. The maximum atomic E-state index is 6.02. The molecule has 0 radical (unpaired) electrons. The zero-order chi connectivity index (χ0) is 12.3. The Hall–Kier alpha value is -0.0800. The molecule has 2 heteroatoms. The molecule has 3 rings (SSSR count). The Morgan fingerprint density at radius 3 is 2.59 bits per heavy atom. The summed E-state index contributed by atoms with van der Waals surface area (Å²) >= 11 is 0. The number of hydrogen-bond donors (Lipinski definition) is 0. The van der Waals surface area contributed by atoms with Gasteiger partial charge in [-0.05, 0) is 62.7 Å². The van der Waals surface area contributed by atoms with Gasteiger partial charge in [0.15, 0.2) is 0 Å². The normalized spacial score (nSPS) is 53.8. The molecule has 3 aliphatic rings. The molecule has 17 heavy (non-hydrogen) atoms. The number of rotatable bonds is 1. The van der Waals surface area contributed by atoms with E-state index in [1.807, 2.05) is 0 Å². The summed E-state index contributed by atoms with van der Waals surface area (Å²) in [7, 11) is 0. The fourth-order valence-corrected chi connectivity index (χ4v) is 4.63. The second-order valence-electron chi connectivity index (χ2n) is 7.26. The van der Waals surface area contributed by atoms with Crippen LogP contribution in [0, 0.1) is 23.7 Å². The fourth-order valence-electron chi connectivity index (χ4n) is 4.63.